The Labute approximate surface area is 221 Å². The van der Waals surface area contributed by atoms with Gasteiger partial charge in [0, 0.05) is 11.4 Å². The molecular weight excluding hydrogens is 484 g/mol. The zero-order chi connectivity index (χ0) is 26.2. The Balaban J connectivity index is 1.47. The minimum atomic E-state index is -0.441. The van der Waals surface area contributed by atoms with E-state index in [4.69, 9.17) is 4.74 Å². The van der Waals surface area contributed by atoms with E-state index in [1.165, 1.54) is 17.3 Å². The molecule has 0 saturated carbocycles. The van der Waals surface area contributed by atoms with Crippen molar-refractivity contribution in [2.75, 3.05) is 12.4 Å². The maximum Gasteiger partial charge on any atom is 0.253 e. The SMILES string of the molecule is COc1ccc(NCc2nnc(SC(C)C(=O)N/N=C(\C)c3ccc(C)cc3)n2-c2ccccc2)cc1. The number of hydrogen-bond acceptors (Lipinski definition) is 7. The van der Waals surface area contributed by atoms with Gasteiger partial charge in [-0.1, -0.05) is 59.8 Å². The second kappa shape index (κ2) is 12.2. The number of nitrogens with zero attached hydrogens (tertiary/aromatic N) is 4. The smallest absolute Gasteiger partial charge is 0.253 e. The molecule has 1 unspecified atom stereocenters. The van der Waals surface area contributed by atoms with E-state index in [0.717, 1.165) is 34.2 Å². The molecule has 1 aromatic heterocycles. The van der Waals surface area contributed by atoms with Crippen LogP contribution in [-0.4, -0.2) is 38.7 Å². The number of aromatic nitrogens is 3. The number of rotatable bonds is 10. The first-order valence-corrected chi connectivity index (χ1v) is 12.8. The number of nitrogens with one attached hydrogen (secondary N) is 2. The van der Waals surface area contributed by atoms with E-state index in [2.05, 4.69) is 26.0 Å². The second-order valence-corrected chi connectivity index (χ2v) is 9.76. The summed E-state index contributed by atoms with van der Waals surface area (Å²) in [6.45, 7) is 6.19. The highest BCUT2D eigenvalue weighted by Crippen LogP contribution is 2.26. The van der Waals surface area contributed by atoms with Crippen LogP contribution in [0.25, 0.3) is 5.69 Å². The number of para-hydroxylation sites is 1. The molecule has 0 spiro atoms. The zero-order valence-corrected chi connectivity index (χ0v) is 22.1. The van der Waals surface area contributed by atoms with Crippen molar-refractivity contribution in [1.29, 1.82) is 0 Å². The van der Waals surface area contributed by atoms with Gasteiger partial charge in [-0.2, -0.15) is 5.10 Å². The fourth-order valence-electron chi connectivity index (χ4n) is 3.52. The molecule has 4 aromatic rings. The highest BCUT2D eigenvalue weighted by Gasteiger charge is 2.21. The van der Waals surface area contributed by atoms with E-state index in [0.29, 0.717) is 11.7 Å². The van der Waals surface area contributed by atoms with Gasteiger partial charge in [0.2, 0.25) is 0 Å². The number of aryl methyl sites for hydroxylation is 1. The maximum atomic E-state index is 12.8. The van der Waals surface area contributed by atoms with Gasteiger partial charge >= 0.3 is 0 Å². The fraction of sp³-hybridized carbons (Fsp3) is 0.214. The molecule has 1 heterocycles. The van der Waals surface area contributed by atoms with Crippen LogP contribution < -0.4 is 15.5 Å². The predicted molar refractivity (Wildman–Crippen MR) is 149 cm³/mol. The van der Waals surface area contributed by atoms with Gasteiger partial charge in [-0.25, -0.2) is 5.43 Å². The Bertz CT molecular complexity index is 1350. The molecule has 0 radical (unpaired) electrons. The third kappa shape index (κ3) is 6.77. The summed E-state index contributed by atoms with van der Waals surface area (Å²) in [5.41, 5.74) is 7.42. The molecule has 9 heteroatoms. The minimum Gasteiger partial charge on any atom is -0.497 e. The number of thioether (sulfide) groups is 1. The number of carbonyl (C=O) groups excluding carboxylic acids is 1. The zero-order valence-electron chi connectivity index (χ0n) is 21.3. The normalized spacial score (nSPS) is 12.2. The summed E-state index contributed by atoms with van der Waals surface area (Å²) < 4.78 is 7.19. The number of amides is 1. The molecule has 8 nitrogen and oxygen atoms in total. The van der Waals surface area contributed by atoms with Gasteiger partial charge in [-0.3, -0.25) is 9.36 Å². The molecule has 0 aliphatic heterocycles. The first-order valence-electron chi connectivity index (χ1n) is 11.9. The lowest BCUT2D eigenvalue weighted by molar-refractivity contribution is -0.120. The van der Waals surface area contributed by atoms with E-state index in [-0.39, 0.29) is 5.91 Å². The second-order valence-electron chi connectivity index (χ2n) is 8.45. The highest BCUT2D eigenvalue weighted by molar-refractivity contribution is 8.00. The Morgan fingerprint density at radius 1 is 1.03 bits per heavy atom. The van der Waals surface area contributed by atoms with E-state index < -0.39 is 5.25 Å². The molecule has 0 saturated heterocycles. The van der Waals surface area contributed by atoms with Gasteiger partial charge in [0.1, 0.15) is 5.75 Å². The van der Waals surface area contributed by atoms with Crippen LogP contribution in [0.2, 0.25) is 0 Å². The van der Waals surface area contributed by atoms with E-state index in [9.17, 15) is 4.79 Å². The summed E-state index contributed by atoms with van der Waals surface area (Å²) in [4.78, 5) is 12.8. The van der Waals surface area contributed by atoms with Gasteiger partial charge in [0.25, 0.3) is 5.91 Å². The van der Waals surface area contributed by atoms with Crippen molar-refractivity contribution in [2.45, 2.75) is 37.7 Å². The van der Waals surface area contributed by atoms with Gasteiger partial charge in [0.05, 0.1) is 24.6 Å². The molecule has 0 fully saturated rings. The molecular formula is C28H30N6O2S. The van der Waals surface area contributed by atoms with Crippen molar-refractivity contribution in [2.24, 2.45) is 5.10 Å². The first-order chi connectivity index (χ1) is 17.9. The van der Waals surface area contributed by atoms with Gasteiger partial charge in [-0.15, -0.1) is 10.2 Å². The third-order valence-electron chi connectivity index (χ3n) is 5.71. The van der Waals surface area contributed by atoms with Gasteiger partial charge < -0.3 is 10.1 Å². The van der Waals surface area contributed by atoms with E-state index in [1.54, 1.807) is 7.11 Å². The molecule has 0 aliphatic carbocycles. The lowest BCUT2D eigenvalue weighted by Gasteiger charge is -2.14. The predicted octanol–water partition coefficient (Wildman–Crippen LogP) is 5.22. The molecule has 4 rings (SSSR count). The first kappa shape index (κ1) is 26.0. The Morgan fingerprint density at radius 3 is 2.41 bits per heavy atom. The largest absolute Gasteiger partial charge is 0.497 e. The number of hydrogen-bond donors (Lipinski definition) is 2. The highest BCUT2D eigenvalue weighted by atomic mass is 32.2. The van der Waals surface area contributed by atoms with Crippen molar-refractivity contribution in [3.8, 4) is 11.4 Å². The summed E-state index contributed by atoms with van der Waals surface area (Å²) in [6.07, 6.45) is 0. The molecule has 37 heavy (non-hydrogen) atoms. The number of anilines is 1. The number of hydrazone groups is 1. The Morgan fingerprint density at radius 2 is 1.73 bits per heavy atom. The van der Waals surface area contributed by atoms with Crippen LogP contribution in [0.1, 0.15) is 30.8 Å². The lowest BCUT2D eigenvalue weighted by atomic mass is 10.1. The summed E-state index contributed by atoms with van der Waals surface area (Å²) >= 11 is 1.33. The number of ether oxygens (including phenoxy) is 1. The Hall–Kier alpha value is -4.11. The average Bonchev–Trinajstić information content (AvgIpc) is 3.33. The van der Waals surface area contributed by atoms with Crippen LogP contribution in [-0.2, 0) is 11.3 Å². The molecule has 3 aromatic carbocycles. The topological polar surface area (TPSA) is 93.4 Å². The molecule has 1 atom stereocenters. The molecule has 2 N–H and O–H groups in total. The van der Waals surface area contributed by atoms with Crippen LogP contribution in [0.5, 0.6) is 5.75 Å². The standard InChI is InChI=1S/C28H30N6O2S/c1-19-10-12-22(13-11-19)20(2)30-32-27(35)21(3)37-28-33-31-26(34(28)24-8-6-5-7-9-24)18-29-23-14-16-25(36-4)17-15-23/h5-17,21,29H,18H2,1-4H3,(H,32,35)/b30-20+. The molecule has 0 aliphatic rings. The quantitative estimate of drug-likeness (QED) is 0.171. The van der Waals surface area contributed by atoms with Crippen molar-refractivity contribution in [1.82, 2.24) is 20.2 Å². The van der Waals surface area contributed by atoms with Crippen LogP contribution in [0.15, 0.2) is 89.1 Å². The van der Waals surface area contributed by atoms with Crippen molar-refractivity contribution >= 4 is 29.1 Å². The summed E-state index contributed by atoms with van der Waals surface area (Å²) in [5.74, 6) is 1.31. The number of carbonyl (C=O) groups is 1. The van der Waals surface area contributed by atoms with Crippen LogP contribution in [0.4, 0.5) is 5.69 Å². The molecule has 0 bridgehead atoms. The van der Waals surface area contributed by atoms with Crippen LogP contribution >= 0.6 is 11.8 Å². The average molecular weight is 515 g/mol. The maximum absolute atomic E-state index is 12.8. The number of benzene rings is 3. The van der Waals surface area contributed by atoms with Crippen molar-refractivity contribution in [3.05, 3.63) is 95.8 Å². The monoisotopic (exact) mass is 514 g/mol. The molecule has 1 amide bonds. The Kier molecular flexibility index (Phi) is 8.58. The van der Waals surface area contributed by atoms with Gasteiger partial charge in [-0.05, 0) is 62.7 Å². The van der Waals surface area contributed by atoms with Crippen molar-refractivity contribution in [3.63, 3.8) is 0 Å². The van der Waals surface area contributed by atoms with Gasteiger partial charge in [0.15, 0.2) is 11.0 Å². The fourth-order valence-corrected chi connectivity index (χ4v) is 4.40. The summed E-state index contributed by atoms with van der Waals surface area (Å²) in [7, 11) is 1.64. The van der Waals surface area contributed by atoms with E-state index >= 15 is 0 Å². The van der Waals surface area contributed by atoms with E-state index in [1.807, 2.05) is 104 Å². The summed E-state index contributed by atoms with van der Waals surface area (Å²) in [6, 6.07) is 25.6. The van der Waals surface area contributed by atoms with Crippen LogP contribution in [0, 0.1) is 6.92 Å². The minimum absolute atomic E-state index is 0.211. The summed E-state index contributed by atoms with van der Waals surface area (Å²) in [5, 5.41) is 16.7. The lowest BCUT2D eigenvalue weighted by Crippen LogP contribution is -2.28. The third-order valence-corrected chi connectivity index (χ3v) is 6.75. The molecule has 190 valence electrons. The number of methoxy groups -OCH3 is 1. The van der Waals surface area contributed by atoms with Crippen LogP contribution in [0.3, 0.4) is 0 Å². The van der Waals surface area contributed by atoms with Crippen molar-refractivity contribution < 1.29 is 9.53 Å².